The summed E-state index contributed by atoms with van der Waals surface area (Å²) in [6, 6.07) is 66.7. The largest absolute Gasteiger partial charge is 0.247 e. The molecular weight excluding hydrogens is 655 g/mol. The molecule has 11 aromatic rings. The van der Waals surface area contributed by atoms with Gasteiger partial charge in [-0.25, -0.2) is 15.0 Å². The Hall–Kier alpha value is -7.23. The molecule has 0 aliphatic heterocycles. The lowest BCUT2D eigenvalue weighted by molar-refractivity contribution is 1.23. The number of pyridine rings is 1. The second kappa shape index (κ2) is 12.2. The molecule has 0 bridgehead atoms. The second-order valence-electron chi connectivity index (χ2n) is 14.0. The molecule has 2 aromatic heterocycles. The second-order valence-corrected chi connectivity index (χ2v) is 14.0. The van der Waals surface area contributed by atoms with Gasteiger partial charge in [-0.15, -0.1) is 0 Å². The number of para-hydroxylation sites is 2. The van der Waals surface area contributed by atoms with Crippen molar-refractivity contribution < 1.29 is 0 Å². The maximum Gasteiger partial charge on any atom is 0.160 e. The topological polar surface area (TPSA) is 38.7 Å². The normalized spacial score (nSPS) is 11.7. The third kappa shape index (κ3) is 4.87. The highest BCUT2D eigenvalue weighted by Gasteiger charge is 2.18. The fourth-order valence-electron chi connectivity index (χ4n) is 8.26. The standard InChI is InChI=1S/C51H31N3/c1-2-13-35-30-37(29-26-32(35)12-1)49-44-21-8-10-23-46(44)53-51(54-49)38-15-11-14-36(31-38)33-24-27-34(28-25-33)50-48-42-19-6-4-17-40(42)39-16-3-5-18-41(39)47(48)43-20-7-9-22-45(43)52-50/h1-31H. The van der Waals surface area contributed by atoms with Crippen LogP contribution in [0.25, 0.3) is 110 Å². The van der Waals surface area contributed by atoms with Crippen molar-refractivity contribution in [2.24, 2.45) is 0 Å². The SMILES string of the molecule is c1cc(-c2ccc(-c3nc4ccccc4c4c5ccccc5c5ccccc5c34)cc2)cc(-c2nc(-c3ccc4ccccc4c3)c3ccccc3n2)c1. The van der Waals surface area contributed by atoms with Gasteiger partial charge in [0, 0.05) is 38.2 Å². The quantitative estimate of drug-likeness (QED) is 0.173. The molecule has 2 heterocycles. The van der Waals surface area contributed by atoms with E-state index in [9.17, 15) is 0 Å². The summed E-state index contributed by atoms with van der Waals surface area (Å²) in [4.78, 5) is 15.6. The molecule has 3 heteroatoms. The number of aromatic nitrogens is 3. The van der Waals surface area contributed by atoms with Gasteiger partial charge >= 0.3 is 0 Å². The van der Waals surface area contributed by atoms with Crippen molar-refractivity contribution in [2.75, 3.05) is 0 Å². The lowest BCUT2D eigenvalue weighted by Gasteiger charge is -2.16. The average Bonchev–Trinajstić information content (AvgIpc) is 3.25. The molecule has 0 saturated carbocycles. The van der Waals surface area contributed by atoms with E-state index in [0.29, 0.717) is 5.82 Å². The Balaban J connectivity index is 1.04. The molecule has 0 unspecified atom stereocenters. The monoisotopic (exact) mass is 685 g/mol. The summed E-state index contributed by atoms with van der Waals surface area (Å²) >= 11 is 0. The summed E-state index contributed by atoms with van der Waals surface area (Å²) in [6.45, 7) is 0. The summed E-state index contributed by atoms with van der Waals surface area (Å²) < 4.78 is 0. The minimum atomic E-state index is 0.710. The molecule has 0 amide bonds. The fourth-order valence-corrected chi connectivity index (χ4v) is 8.26. The van der Waals surface area contributed by atoms with E-state index in [1.807, 2.05) is 6.07 Å². The summed E-state index contributed by atoms with van der Waals surface area (Å²) in [5.41, 5.74) is 9.23. The molecule has 0 atom stereocenters. The van der Waals surface area contributed by atoms with Crippen LogP contribution in [0.3, 0.4) is 0 Å². The minimum Gasteiger partial charge on any atom is -0.247 e. The maximum atomic E-state index is 5.34. The van der Waals surface area contributed by atoms with Crippen molar-refractivity contribution >= 4 is 64.9 Å². The first-order valence-electron chi connectivity index (χ1n) is 18.4. The van der Waals surface area contributed by atoms with Crippen molar-refractivity contribution in [1.82, 2.24) is 15.0 Å². The van der Waals surface area contributed by atoms with Crippen LogP contribution in [-0.2, 0) is 0 Å². The smallest absolute Gasteiger partial charge is 0.160 e. The number of fused-ring (bicyclic) bond motifs is 10. The van der Waals surface area contributed by atoms with Gasteiger partial charge in [-0.3, -0.25) is 0 Å². The molecule has 0 saturated heterocycles. The number of hydrogen-bond donors (Lipinski definition) is 0. The molecular formula is C51H31N3. The molecule has 0 radical (unpaired) electrons. The van der Waals surface area contributed by atoms with Gasteiger partial charge in [-0.2, -0.15) is 0 Å². The Labute approximate surface area is 311 Å². The van der Waals surface area contributed by atoms with Crippen LogP contribution in [0.2, 0.25) is 0 Å². The first kappa shape index (κ1) is 30.4. The van der Waals surface area contributed by atoms with Crippen LogP contribution in [0, 0.1) is 0 Å². The van der Waals surface area contributed by atoms with Gasteiger partial charge in [0.15, 0.2) is 5.82 Å². The third-order valence-corrected chi connectivity index (χ3v) is 10.8. The van der Waals surface area contributed by atoms with Crippen LogP contribution in [0.5, 0.6) is 0 Å². The molecule has 0 spiro atoms. The zero-order valence-corrected chi connectivity index (χ0v) is 29.2. The molecule has 0 aliphatic rings. The van der Waals surface area contributed by atoms with Crippen molar-refractivity contribution in [3.63, 3.8) is 0 Å². The maximum absolute atomic E-state index is 5.34. The van der Waals surface area contributed by atoms with Crippen molar-refractivity contribution in [1.29, 1.82) is 0 Å². The van der Waals surface area contributed by atoms with E-state index >= 15 is 0 Å². The van der Waals surface area contributed by atoms with Crippen LogP contribution in [-0.4, -0.2) is 15.0 Å². The predicted octanol–water partition coefficient (Wildman–Crippen LogP) is 13.5. The lowest BCUT2D eigenvalue weighted by atomic mass is 9.89. The Morgan fingerprint density at radius 1 is 0.259 bits per heavy atom. The first-order valence-corrected chi connectivity index (χ1v) is 18.4. The molecule has 9 aromatic carbocycles. The Morgan fingerprint density at radius 2 is 0.815 bits per heavy atom. The summed E-state index contributed by atoms with van der Waals surface area (Å²) in [5.74, 6) is 0.710. The number of hydrogen-bond acceptors (Lipinski definition) is 3. The molecule has 0 fully saturated rings. The van der Waals surface area contributed by atoms with E-state index in [1.54, 1.807) is 0 Å². The van der Waals surface area contributed by atoms with Gasteiger partial charge in [-0.05, 0) is 67.7 Å². The van der Waals surface area contributed by atoms with Crippen LogP contribution < -0.4 is 0 Å². The zero-order chi connectivity index (χ0) is 35.6. The molecule has 0 aliphatic carbocycles. The number of nitrogens with zero attached hydrogens (tertiary/aromatic N) is 3. The molecule has 0 N–H and O–H groups in total. The van der Waals surface area contributed by atoms with E-state index in [1.165, 1.54) is 48.5 Å². The molecule has 11 rings (SSSR count). The average molecular weight is 686 g/mol. The summed E-state index contributed by atoms with van der Waals surface area (Å²) in [5, 5.41) is 12.0. The molecule has 3 nitrogen and oxygen atoms in total. The van der Waals surface area contributed by atoms with Crippen LogP contribution in [0.1, 0.15) is 0 Å². The summed E-state index contributed by atoms with van der Waals surface area (Å²) in [6.07, 6.45) is 0. The Morgan fingerprint density at radius 3 is 1.57 bits per heavy atom. The van der Waals surface area contributed by atoms with Gasteiger partial charge in [-0.1, -0.05) is 164 Å². The van der Waals surface area contributed by atoms with E-state index < -0.39 is 0 Å². The fraction of sp³-hybridized carbons (Fsp3) is 0. The van der Waals surface area contributed by atoms with E-state index in [4.69, 9.17) is 15.0 Å². The van der Waals surface area contributed by atoms with Crippen LogP contribution in [0.15, 0.2) is 188 Å². The minimum absolute atomic E-state index is 0.710. The van der Waals surface area contributed by atoms with Crippen molar-refractivity contribution in [2.45, 2.75) is 0 Å². The van der Waals surface area contributed by atoms with Gasteiger partial charge in [0.2, 0.25) is 0 Å². The predicted molar refractivity (Wildman–Crippen MR) is 227 cm³/mol. The third-order valence-electron chi connectivity index (χ3n) is 10.8. The Bertz CT molecular complexity index is 3270. The molecule has 54 heavy (non-hydrogen) atoms. The van der Waals surface area contributed by atoms with Crippen LogP contribution >= 0.6 is 0 Å². The summed E-state index contributed by atoms with van der Waals surface area (Å²) in [7, 11) is 0. The van der Waals surface area contributed by atoms with Gasteiger partial charge in [0.25, 0.3) is 0 Å². The van der Waals surface area contributed by atoms with Gasteiger partial charge in [0.05, 0.1) is 22.4 Å². The lowest BCUT2D eigenvalue weighted by Crippen LogP contribution is -1.95. The first-order chi connectivity index (χ1) is 26.8. The van der Waals surface area contributed by atoms with E-state index in [0.717, 1.165) is 55.6 Å². The van der Waals surface area contributed by atoms with Crippen LogP contribution in [0.4, 0.5) is 0 Å². The number of rotatable bonds is 4. The number of benzene rings is 9. The van der Waals surface area contributed by atoms with E-state index in [-0.39, 0.29) is 0 Å². The highest BCUT2D eigenvalue weighted by atomic mass is 14.9. The van der Waals surface area contributed by atoms with Gasteiger partial charge < -0.3 is 0 Å². The zero-order valence-electron chi connectivity index (χ0n) is 29.2. The van der Waals surface area contributed by atoms with Crippen molar-refractivity contribution in [3.05, 3.63) is 188 Å². The highest BCUT2D eigenvalue weighted by Crippen LogP contribution is 2.43. The Kier molecular flexibility index (Phi) is 6.86. The van der Waals surface area contributed by atoms with Gasteiger partial charge in [0.1, 0.15) is 0 Å². The highest BCUT2D eigenvalue weighted by molar-refractivity contribution is 6.33. The van der Waals surface area contributed by atoms with E-state index in [2.05, 4.69) is 182 Å². The molecule has 250 valence electrons. The van der Waals surface area contributed by atoms with Crippen molar-refractivity contribution in [3.8, 4) is 45.0 Å².